The van der Waals surface area contributed by atoms with Gasteiger partial charge in [0.15, 0.2) is 11.7 Å². The van der Waals surface area contributed by atoms with E-state index < -0.39 is 0 Å². The number of allylic oxidation sites excluding steroid dienone is 2. The molecule has 1 aliphatic carbocycles. The Balaban J connectivity index is 0.921. The van der Waals surface area contributed by atoms with Crippen LogP contribution in [0.4, 0.5) is 0 Å². The molecule has 14 rings (SSSR count). The van der Waals surface area contributed by atoms with E-state index in [1.54, 1.807) is 0 Å². The van der Waals surface area contributed by atoms with E-state index >= 15 is 0 Å². The minimum atomic E-state index is 0.191. The van der Waals surface area contributed by atoms with Gasteiger partial charge < -0.3 is 4.57 Å². The van der Waals surface area contributed by atoms with Crippen molar-refractivity contribution in [3.05, 3.63) is 260 Å². The Morgan fingerprint density at radius 2 is 0.822 bits per heavy atom. The van der Waals surface area contributed by atoms with Crippen molar-refractivity contribution in [3.8, 4) is 39.1 Å². The number of para-hydroxylation sites is 1. The van der Waals surface area contributed by atoms with Gasteiger partial charge in [0, 0.05) is 38.4 Å². The number of fused-ring (bicyclic) bond motifs is 12. The third kappa shape index (κ3) is 7.24. The molecule has 0 radical (unpaired) electrons. The first-order valence-electron chi connectivity index (χ1n) is 25.1. The summed E-state index contributed by atoms with van der Waals surface area (Å²) in [7, 11) is 0. The second-order valence-corrected chi connectivity index (χ2v) is 19.1. The average molecular weight is 934 g/mol. The van der Waals surface area contributed by atoms with Crippen LogP contribution in [-0.4, -0.2) is 20.9 Å². The van der Waals surface area contributed by atoms with E-state index in [1.165, 1.54) is 59.9 Å². The molecule has 11 aromatic carbocycles. The molecular weight excluding hydrogens is 887 g/mol. The largest absolute Gasteiger partial charge is 0.309 e. The van der Waals surface area contributed by atoms with E-state index in [4.69, 9.17) is 4.99 Å². The van der Waals surface area contributed by atoms with Crippen molar-refractivity contribution in [2.45, 2.75) is 12.8 Å². The summed E-state index contributed by atoms with van der Waals surface area (Å²) in [5.74, 6) is 0.811. The van der Waals surface area contributed by atoms with Gasteiger partial charge in [0.05, 0.1) is 22.1 Å². The van der Waals surface area contributed by atoms with Crippen molar-refractivity contribution in [2.75, 3.05) is 5.43 Å². The van der Waals surface area contributed by atoms with E-state index in [0.29, 0.717) is 5.84 Å². The lowest BCUT2D eigenvalue weighted by atomic mass is 9.93. The van der Waals surface area contributed by atoms with Crippen molar-refractivity contribution in [1.82, 2.24) is 9.24 Å². The molecule has 0 bridgehead atoms. The molecule has 344 valence electrons. The zero-order valence-electron chi connectivity index (χ0n) is 39.9. The minimum Gasteiger partial charge on any atom is -0.309 e. The molecule has 0 amide bonds. The second-order valence-electron chi connectivity index (χ2n) is 19.1. The Morgan fingerprint density at radius 3 is 1.33 bits per heavy atom. The topological polar surface area (TPSA) is 58.1 Å². The standard InChI is InChI=1S/C68H47N5/c69-67(51-29-34-57-55-27-14-13-25-53(55)54-26-15-16-28-56(54)58(57)43-51)70-68(46-21-9-3-10-22-46)71-73-65-37-32-48(45-19-7-2-8-20-45)40-61(65)62-42-50(33-38-66(62)73)49-31-36-64-60(41-49)59-39-47(44-17-5-1-6-18-44)30-35-63(59)72(64)52-23-11-4-12-24-52/h1-2,4-9,11-43H,3,10H2,(H2,69,70,71). The van der Waals surface area contributed by atoms with Crippen LogP contribution in [0.1, 0.15) is 18.4 Å². The van der Waals surface area contributed by atoms with Gasteiger partial charge in [0.1, 0.15) is 0 Å². The highest BCUT2D eigenvalue weighted by Gasteiger charge is 2.20. The fraction of sp³-hybridized carbons (Fsp3) is 0.0294. The normalized spacial score (nSPS) is 13.0. The number of amidine groups is 2. The fourth-order valence-corrected chi connectivity index (χ4v) is 11.3. The number of hydrogen-bond donors (Lipinski definition) is 2. The Labute approximate surface area is 422 Å². The summed E-state index contributed by atoms with van der Waals surface area (Å²) < 4.78 is 4.55. The van der Waals surface area contributed by atoms with Crippen molar-refractivity contribution >= 4 is 87.6 Å². The number of aromatic nitrogens is 2. The van der Waals surface area contributed by atoms with Crippen LogP contribution in [0.2, 0.25) is 0 Å². The fourth-order valence-electron chi connectivity index (χ4n) is 11.3. The van der Waals surface area contributed by atoms with Crippen LogP contribution in [0.25, 0.3) is 115 Å². The molecule has 5 nitrogen and oxygen atoms in total. The van der Waals surface area contributed by atoms with Crippen LogP contribution in [0.5, 0.6) is 0 Å². The Morgan fingerprint density at radius 1 is 0.384 bits per heavy atom. The van der Waals surface area contributed by atoms with Crippen LogP contribution in [0.3, 0.4) is 0 Å². The average Bonchev–Trinajstić information content (AvgIpc) is 3.96. The van der Waals surface area contributed by atoms with E-state index in [-0.39, 0.29) is 5.84 Å². The molecule has 5 heteroatoms. The Kier molecular flexibility index (Phi) is 10.1. The minimum absolute atomic E-state index is 0.191. The maximum absolute atomic E-state index is 9.65. The number of nitrogens with one attached hydrogen (secondary N) is 2. The number of hydrogen-bond acceptors (Lipinski definition) is 1. The van der Waals surface area contributed by atoms with Gasteiger partial charge in [0.2, 0.25) is 0 Å². The molecule has 0 aliphatic heterocycles. The summed E-state index contributed by atoms with van der Waals surface area (Å²) in [6.07, 6.45) is 8.42. The first-order chi connectivity index (χ1) is 36.1. The summed E-state index contributed by atoms with van der Waals surface area (Å²) in [5.41, 5.74) is 18.0. The van der Waals surface area contributed by atoms with Crippen LogP contribution in [0.15, 0.2) is 259 Å². The van der Waals surface area contributed by atoms with Gasteiger partial charge in [-0.2, -0.15) is 0 Å². The molecule has 2 N–H and O–H groups in total. The molecule has 2 heterocycles. The van der Waals surface area contributed by atoms with Gasteiger partial charge >= 0.3 is 0 Å². The monoisotopic (exact) mass is 933 g/mol. The van der Waals surface area contributed by atoms with E-state index in [1.807, 2.05) is 6.07 Å². The second kappa shape index (κ2) is 17.4. The van der Waals surface area contributed by atoms with Crippen LogP contribution in [0, 0.1) is 5.41 Å². The van der Waals surface area contributed by atoms with E-state index in [9.17, 15) is 5.41 Å². The predicted molar refractivity (Wildman–Crippen MR) is 309 cm³/mol. The maximum Gasteiger partial charge on any atom is 0.154 e. The quantitative estimate of drug-likeness (QED) is 0.0934. The zero-order valence-corrected chi connectivity index (χ0v) is 39.9. The van der Waals surface area contributed by atoms with Crippen LogP contribution < -0.4 is 5.43 Å². The number of nitrogens with zero attached hydrogens (tertiary/aromatic N) is 3. The van der Waals surface area contributed by atoms with Crippen molar-refractivity contribution in [3.63, 3.8) is 0 Å². The van der Waals surface area contributed by atoms with Gasteiger partial charge in [-0.25, -0.2) is 4.99 Å². The van der Waals surface area contributed by atoms with Crippen LogP contribution >= 0.6 is 0 Å². The number of benzene rings is 11. The van der Waals surface area contributed by atoms with E-state index in [2.05, 4.69) is 257 Å². The van der Waals surface area contributed by atoms with Crippen molar-refractivity contribution in [1.29, 1.82) is 5.41 Å². The summed E-state index contributed by atoms with van der Waals surface area (Å²) in [4.78, 5) is 5.19. The van der Waals surface area contributed by atoms with Crippen LogP contribution in [-0.2, 0) is 0 Å². The Hall–Kier alpha value is -9.58. The van der Waals surface area contributed by atoms with Gasteiger partial charge in [-0.1, -0.05) is 182 Å². The van der Waals surface area contributed by atoms with Crippen molar-refractivity contribution < 1.29 is 0 Å². The highest BCUT2D eigenvalue weighted by Crippen LogP contribution is 2.40. The SMILES string of the molecule is N=C(N=C(Nn1c2ccc(-c3ccccc3)cc2c2cc(-c3ccc4c(c3)c3cc(-c5ccccc5)ccc3n4-c3ccccc3)ccc21)C1=CCCC=C1)c1ccc2c3ccccc3c3ccccc3c2c1. The lowest BCUT2D eigenvalue weighted by Gasteiger charge is -2.17. The molecular formula is C68H47N5. The van der Waals surface area contributed by atoms with Crippen molar-refractivity contribution in [2.24, 2.45) is 4.99 Å². The molecule has 0 unspecified atom stereocenters. The molecule has 0 fully saturated rings. The number of aliphatic imine (C=N–C) groups is 1. The Bertz CT molecular complexity index is 4420. The first kappa shape index (κ1) is 42.3. The third-order valence-corrected chi connectivity index (χ3v) is 14.8. The molecule has 0 spiro atoms. The zero-order chi connectivity index (χ0) is 48.4. The molecule has 73 heavy (non-hydrogen) atoms. The highest BCUT2D eigenvalue weighted by molar-refractivity contribution is 6.26. The molecule has 0 atom stereocenters. The lowest BCUT2D eigenvalue weighted by molar-refractivity contribution is 1.02. The molecule has 1 aliphatic rings. The first-order valence-corrected chi connectivity index (χ1v) is 25.1. The maximum atomic E-state index is 9.65. The van der Waals surface area contributed by atoms with Gasteiger partial charge in [-0.15, -0.1) is 0 Å². The van der Waals surface area contributed by atoms with Gasteiger partial charge in [-0.3, -0.25) is 15.5 Å². The summed E-state index contributed by atoms with van der Waals surface area (Å²) in [6.45, 7) is 0. The molecule has 13 aromatic rings. The highest BCUT2D eigenvalue weighted by atomic mass is 15.4. The smallest absolute Gasteiger partial charge is 0.154 e. The molecule has 2 aromatic heterocycles. The lowest BCUT2D eigenvalue weighted by Crippen LogP contribution is -2.25. The molecule has 0 saturated carbocycles. The molecule has 0 saturated heterocycles. The summed E-state index contributed by atoms with van der Waals surface area (Å²) >= 11 is 0. The summed E-state index contributed by atoms with van der Waals surface area (Å²) in [6, 6.07) is 82.8. The third-order valence-electron chi connectivity index (χ3n) is 14.8. The number of rotatable bonds is 7. The van der Waals surface area contributed by atoms with Gasteiger partial charge in [0.25, 0.3) is 0 Å². The predicted octanol–water partition coefficient (Wildman–Crippen LogP) is 17.6. The van der Waals surface area contributed by atoms with Gasteiger partial charge in [-0.05, 0) is 145 Å². The van der Waals surface area contributed by atoms with E-state index in [0.717, 1.165) is 79.1 Å². The summed E-state index contributed by atoms with van der Waals surface area (Å²) in [5, 5.41) is 21.4.